The zero-order valence-electron chi connectivity index (χ0n) is 16.6. The summed E-state index contributed by atoms with van der Waals surface area (Å²) in [6.07, 6.45) is 1.34. The topological polar surface area (TPSA) is 133 Å². The van der Waals surface area contributed by atoms with Crippen molar-refractivity contribution in [3.05, 3.63) is 63.9 Å². The first-order valence-electron chi connectivity index (χ1n) is 9.18. The minimum atomic E-state index is -4.20. The summed E-state index contributed by atoms with van der Waals surface area (Å²) in [7, 11) is -8.37. The monoisotopic (exact) mass is 526 g/mol. The van der Waals surface area contributed by atoms with Crippen LogP contribution in [-0.4, -0.2) is 44.4 Å². The fraction of sp³-hybridized carbons (Fsp3) is 0.200. The molecule has 1 aromatic carbocycles. The number of amides is 1. The van der Waals surface area contributed by atoms with E-state index in [-0.39, 0.29) is 22.3 Å². The number of carbonyl (C=O) groups is 2. The molecule has 0 saturated heterocycles. The second kappa shape index (κ2) is 8.21. The minimum absolute atomic E-state index is 0.153. The van der Waals surface area contributed by atoms with Crippen molar-refractivity contribution in [2.24, 2.45) is 5.73 Å². The predicted molar refractivity (Wildman–Crippen MR) is 119 cm³/mol. The number of hydrogen-bond donors (Lipinski definition) is 1. The van der Waals surface area contributed by atoms with Crippen molar-refractivity contribution in [3.8, 4) is 0 Å². The van der Waals surface area contributed by atoms with E-state index in [1.807, 2.05) is 0 Å². The van der Waals surface area contributed by atoms with E-state index in [4.69, 9.17) is 5.73 Å². The molecule has 0 fully saturated rings. The van der Waals surface area contributed by atoms with Crippen LogP contribution in [0.3, 0.4) is 0 Å². The van der Waals surface area contributed by atoms with E-state index in [0.29, 0.717) is 4.47 Å². The van der Waals surface area contributed by atoms with Crippen LogP contribution in [-0.2, 0) is 19.7 Å². The Balaban J connectivity index is 2.63. The van der Waals surface area contributed by atoms with Crippen molar-refractivity contribution in [1.29, 1.82) is 0 Å². The van der Waals surface area contributed by atoms with Gasteiger partial charge in [-0.3, -0.25) is 9.59 Å². The maximum absolute atomic E-state index is 13.5. The van der Waals surface area contributed by atoms with Crippen LogP contribution in [0, 0.1) is 0 Å². The van der Waals surface area contributed by atoms with Crippen molar-refractivity contribution in [1.82, 2.24) is 4.40 Å². The molecule has 1 amide bonds. The SMILES string of the molecule is CCS(=O)(=O)c1c(S(=O)(=O)CC)c2c(C(N)=O)cccn2c1C(=O)c1ccc(Br)cc1. The molecule has 0 radical (unpaired) electrons. The third-order valence-corrected chi connectivity index (χ3v) is 9.06. The number of nitrogens with zero attached hydrogens (tertiary/aromatic N) is 1. The second-order valence-electron chi connectivity index (χ2n) is 6.65. The first-order chi connectivity index (χ1) is 14.5. The maximum atomic E-state index is 13.5. The van der Waals surface area contributed by atoms with E-state index in [2.05, 4.69) is 15.9 Å². The zero-order valence-corrected chi connectivity index (χ0v) is 19.8. The van der Waals surface area contributed by atoms with Gasteiger partial charge in [0.15, 0.2) is 19.7 Å². The number of benzene rings is 1. The highest BCUT2D eigenvalue weighted by Gasteiger charge is 2.37. The summed E-state index contributed by atoms with van der Waals surface area (Å²) in [6, 6.07) is 8.88. The quantitative estimate of drug-likeness (QED) is 0.470. The van der Waals surface area contributed by atoms with Gasteiger partial charge in [-0.1, -0.05) is 29.8 Å². The van der Waals surface area contributed by atoms with Gasteiger partial charge in [-0.2, -0.15) is 0 Å². The molecule has 3 rings (SSSR count). The lowest BCUT2D eigenvalue weighted by Gasteiger charge is -2.08. The highest BCUT2D eigenvalue weighted by molar-refractivity contribution is 9.10. The van der Waals surface area contributed by atoms with Crippen molar-refractivity contribution >= 4 is 52.8 Å². The summed E-state index contributed by atoms with van der Waals surface area (Å²) >= 11 is 3.27. The van der Waals surface area contributed by atoms with Gasteiger partial charge in [-0.15, -0.1) is 0 Å². The summed E-state index contributed by atoms with van der Waals surface area (Å²) in [6.45, 7) is 2.70. The lowest BCUT2D eigenvalue weighted by Crippen LogP contribution is -2.16. The number of hydrogen-bond acceptors (Lipinski definition) is 6. The van der Waals surface area contributed by atoms with Crippen LogP contribution in [0.25, 0.3) is 5.52 Å². The second-order valence-corrected chi connectivity index (χ2v) is 12.0. The van der Waals surface area contributed by atoms with E-state index in [1.54, 1.807) is 12.1 Å². The van der Waals surface area contributed by atoms with Crippen LogP contribution in [0.15, 0.2) is 56.9 Å². The summed E-state index contributed by atoms with van der Waals surface area (Å²) in [5.41, 5.74) is 4.84. The van der Waals surface area contributed by atoms with Gasteiger partial charge in [0, 0.05) is 16.2 Å². The third-order valence-electron chi connectivity index (χ3n) is 4.84. The van der Waals surface area contributed by atoms with Crippen LogP contribution >= 0.6 is 15.9 Å². The number of ketones is 1. The van der Waals surface area contributed by atoms with E-state index in [9.17, 15) is 26.4 Å². The molecule has 0 aliphatic rings. The highest BCUT2D eigenvalue weighted by Crippen LogP contribution is 2.36. The van der Waals surface area contributed by atoms with Crippen LogP contribution in [0.1, 0.15) is 40.3 Å². The van der Waals surface area contributed by atoms with Crippen molar-refractivity contribution in [3.63, 3.8) is 0 Å². The van der Waals surface area contributed by atoms with Crippen LogP contribution in [0.4, 0.5) is 0 Å². The summed E-state index contributed by atoms with van der Waals surface area (Å²) in [5, 5.41) is 0. The van der Waals surface area contributed by atoms with Gasteiger partial charge in [0.1, 0.15) is 15.5 Å². The molecular formula is C20H19BrN2O6S2. The third kappa shape index (κ3) is 3.92. The van der Waals surface area contributed by atoms with Gasteiger partial charge < -0.3 is 10.1 Å². The Bertz CT molecular complexity index is 1420. The number of fused-ring (bicyclic) bond motifs is 1. The number of primary amides is 1. The number of rotatable bonds is 7. The Kier molecular flexibility index (Phi) is 6.14. The molecule has 31 heavy (non-hydrogen) atoms. The zero-order chi connectivity index (χ0) is 23.1. The van der Waals surface area contributed by atoms with Gasteiger partial charge >= 0.3 is 0 Å². The number of pyridine rings is 1. The van der Waals surface area contributed by atoms with Crippen LogP contribution in [0.5, 0.6) is 0 Å². The minimum Gasteiger partial charge on any atom is -0.366 e. The van der Waals surface area contributed by atoms with E-state index < -0.39 is 52.7 Å². The molecule has 0 atom stereocenters. The average molecular weight is 527 g/mol. The first kappa shape index (κ1) is 23.2. The molecular weight excluding hydrogens is 508 g/mol. The standard InChI is InChI=1S/C20H19BrN2O6S2/c1-3-30(26,27)18-15-14(20(22)25)6-5-11-23(15)16(19(18)31(28,29)4-2)17(24)12-7-9-13(21)10-8-12/h5-11H,3-4H2,1-2H3,(H2,22,25). The van der Waals surface area contributed by atoms with E-state index in [1.165, 1.54) is 44.3 Å². The molecule has 0 saturated carbocycles. The molecule has 8 nitrogen and oxygen atoms in total. The van der Waals surface area contributed by atoms with Crippen molar-refractivity contribution in [2.45, 2.75) is 23.6 Å². The lowest BCUT2D eigenvalue weighted by atomic mass is 10.1. The number of nitrogens with two attached hydrogens (primary N) is 1. The van der Waals surface area contributed by atoms with Gasteiger partial charge in [-0.05, 0) is 36.4 Å². The lowest BCUT2D eigenvalue weighted by molar-refractivity contribution is 0.0997. The number of carbonyl (C=O) groups excluding carboxylic acids is 2. The van der Waals surface area contributed by atoms with Gasteiger partial charge in [0.2, 0.25) is 5.78 Å². The number of sulfone groups is 2. The first-order valence-corrected chi connectivity index (χ1v) is 13.3. The molecule has 2 heterocycles. The van der Waals surface area contributed by atoms with Gasteiger partial charge in [0.05, 0.1) is 22.6 Å². The number of aromatic nitrogens is 1. The maximum Gasteiger partial charge on any atom is 0.250 e. The highest BCUT2D eigenvalue weighted by atomic mass is 79.9. The fourth-order valence-electron chi connectivity index (χ4n) is 3.27. The molecule has 0 spiro atoms. The molecule has 11 heteroatoms. The molecule has 0 bridgehead atoms. The average Bonchev–Trinajstić information content (AvgIpc) is 3.10. The Labute approximate surface area is 188 Å². The summed E-state index contributed by atoms with van der Waals surface area (Å²) in [4.78, 5) is 24.3. The predicted octanol–water partition coefficient (Wildman–Crippen LogP) is 2.62. The Morgan fingerprint density at radius 1 is 0.935 bits per heavy atom. The molecule has 2 N–H and O–H groups in total. The fourth-order valence-corrected chi connectivity index (χ4v) is 6.62. The summed E-state index contributed by atoms with van der Waals surface area (Å²) < 4.78 is 54.1. The molecule has 0 unspecified atom stereocenters. The smallest absolute Gasteiger partial charge is 0.250 e. The van der Waals surface area contributed by atoms with Crippen molar-refractivity contribution in [2.75, 3.05) is 11.5 Å². The molecule has 0 aliphatic carbocycles. The van der Waals surface area contributed by atoms with Crippen LogP contribution < -0.4 is 5.73 Å². The van der Waals surface area contributed by atoms with Gasteiger partial charge in [-0.25, -0.2) is 16.8 Å². The summed E-state index contributed by atoms with van der Waals surface area (Å²) in [5.74, 6) is -2.52. The molecule has 2 aromatic heterocycles. The van der Waals surface area contributed by atoms with Gasteiger partial charge in [0.25, 0.3) is 5.91 Å². The molecule has 3 aromatic rings. The Morgan fingerprint density at radius 2 is 1.48 bits per heavy atom. The molecule has 0 aliphatic heterocycles. The van der Waals surface area contributed by atoms with Crippen LogP contribution in [0.2, 0.25) is 0 Å². The largest absolute Gasteiger partial charge is 0.366 e. The van der Waals surface area contributed by atoms with E-state index >= 15 is 0 Å². The molecule has 164 valence electrons. The number of halogens is 1. The van der Waals surface area contributed by atoms with E-state index in [0.717, 1.165) is 4.40 Å². The van der Waals surface area contributed by atoms with Crippen molar-refractivity contribution < 1.29 is 26.4 Å². The Morgan fingerprint density at radius 3 is 2.00 bits per heavy atom. The Hall–Kier alpha value is -2.50. The normalized spacial score (nSPS) is 12.2.